The number of benzene rings is 1. The lowest BCUT2D eigenvalue weighted by Crippen LogP contribution is -1.98. The van der Waals surface area contributed by atoms with Crippen LogP contribution in [0.2, 0.25) is 0 Å². The number of imidazole rings is 1. The summed E-state index contributed by atoms with van der Waals surface area (Å²) in [6, 6.07) is 8.39. The van der Waals surface area contributed by atoms with Crippen LogP contribution in [0.15, 0.2) is 47.9 Å². The normalized spacial score (nSPS) is 10.6. The van der Waals surface area contributed by atoms with Gasteiger partial charge in [0, 0.05) is 36.1 Å². The summed E-state index contributed by atoms with van der Waals surface area (Å²) in [5, 5.41) is 0. The van der Waals surface area contributed by atoms with E-state index in [-0.39, 0.29) is 0 Å². The minimum atomic E-state index is 0.607. The first-order valence-electron chi connectivity index (χ1n) is 5.26. The Balaban J connectivity index is 1.85. The highest BCUT2D eigenvalue weighted by molar-refractivity contribution is 7.99. The molecule has 0 bridgehead atoms. The molecule has 1 aromatic carbocycles. The van der Waals surface area contributed by atoms with Crippen LogP contribution in [0.4, 0.5) is 0 Å². The number of hydrogen-bond donors (Lipinski definition) is 1. The van der Waals surface area contributed by atoms with Gasteiger partial charge in [-0.25, -0.2) is 4.98 Å². The first kappa shape index (κ1) is 11.2. The van der Waals surface area contributed by atoms with Crippen molar-refractivity contribution < 1.29 is 0 Å². The van der Waals surface area contributed by atoms with Crippen molar-refractivity contribution in [2.24, 2.45) is 5.73 Å². The molecular formula is C12H15N3S. The van der Waals surface area contributed by atoms with E-state index >= 15 is 0 Å². The molecule has 1 heterocycles. The number of rotatable bonds is 5. The summed E-state index contributed by atoms with van der Waals surface area (Å²) in [5.74, 6) is 1.05. The molecule has 0 saturated heterocycles. The molecule has 2 N–H and O–H groups in total. The van der Waals surface area contributed by atoms with Gasteiger partial charge >= 0.3 is 0 Å². The quantitative estimate of drug-likeness (QED) is 0.805. The zero-order valence-electron chi connectivity index (χ0n) is 9.04. The Morgan fingerprint density at radius 3 is 3.06 bits per heavy atom. The zero-order chi connectivity index (χ0) is 11.2. The standard InChI is InChI=1S/C12H15N3S/c13-9-11-2-1-3-12(8-11)16-7-6-15-5-4-14-10-15/h1-5,8,10H,6-7,9,13H2. The lowest BCUT2D eigenvalue weighted by atomic mass is 10.2. The second-order valence-corrected chi connectivity index (χ2v) is 4.67. The molecule has 4 heteroatoms. The van der Waals surface area contributed by atoms with Crippen LogP contribution in [0.1, 0.15) is 5.56 Å². The molecule has 0 aliphatic heterocycles. The van der Waals surface area contributed by atoms with Gasteiger partial charge in [0.05, 0.1) is 6.33 Å². The van der Waals surface area contributed by atoms with Gasteiger partial charge in [-0.1, -0.05) is 12.1 Å². The highest BCUT2D eigenvalue weighted by Crippen LogP contribution is 2.19. The average molecular weight is 233 g/mol. The molecule has 2 aromatic rings. The lowest BCUT2D eigenvalue weighted by molar-refractivity contribution is 0.770. The van der Waals surface area contributed by atoms with E-state index in [1.807, 2.05) is 24.3 Å². The van der Waals surface area contributed by atoms with Gasteiger partial charge in [0.1, 0.15) is 0 Å². The third kappa shape index (κ3) is 3.12. The summed E-state index contributed by atoms with van der Waals surface area (Å²) in [4.78, 5) is 5.29. The fourth-order valence-electron chi connectivity index (χ4n) is 1.45. The lowest BCUT2D eigenvalue weighted by Gasteiger charge is -2.04. The van der Waals surface area contributed by atoms with E-state index in [1.54, 1.807) is 6.20 Å². The van der Waals surface area contributed by atoms with Gasteiger partial charge in [-0.2, -0.15) is 0 Å². The van der Waals surface area contributed by atoms with Crippen LogP contribution in [0.25, 0.3) is 0 Å². The number of nitrogens with zero attached hydrogens (tertiary/aromatic N) is 2. The molecule has 84 valence electrons. The predicted octanol–water partition coefficient (Wildman–Crippen LogP) is 2.13. The minimum Gasteiger partial charge on any atom is -0.337 e. The Kier molecular flexibility index (Phi) is 4.02. The van der Waals surface area contributed by atoms with Gasteiger partial charge in [0.15, 0.2) is 0 Å². The van der Waals surface area contributed by atoms with Crippen molar-refractivity contribution in [2.45, 2.75) is 18.0 Å². The first-order valence-corrected chi connectivity index (χ1v) is 6.24. The highest BCUT2D eigenvalue weighted by Gasteiger charge is 1.96. The number of nitrogens with two attached hydrogens (primary N) is 1. The number of aryl methyl sites for hydroxylation is 1. The van der Waals surface area contributed by atoms with Gasteiger partial charge in [0.2, 0.25) is 0 Å². The molecule has 16 heavy (non-hydrogen) atoms. The molecule has 0 radical (unpaired) electrons. The van der Waals surface area contributed by atoms with Gasteiger partial charge in [-0.15, -0.1) is 11.8 Å². The summed E-state index contributed by atoms with van der Waals surface area (Å²) in [6.45, 7) is 1.59. The summed E-state index contributed by atoms with van der Waals surface area (Å²) >= 11 is 1.84. The third-order valence-corrected chi connectivity index (χ3v) is 3.29. The molecule has 0 aliphatic rings. The minimum absolute atomic E-state index is 0.607. The van der Waals surface area contributed by atoms with E-state index in [1.165, 1.54) is 10.5 Å². The second kappa shape index (κ2) is 5.72. The molecule has 0 unspecified atom stereocenters. The molecule has 0 aliphatic carbocycles. The summed E-state index contributed by atoms with van der Waals surface area (Å²) in [7, 11) is 0. The maximum absolute atomic E-state index is 5.60. The molecule has 2 rings (SSSR count). The van der Waals surface area contributed by atoms with Gasteiger partial charge in [-0.3, -0.25) is 0 Å². The van der Waals surface area contributed by atoms with Crippen LogP contribution in [-0.4, -0.2) is 15.3 Å². The zero-order valence-corrected chi connectivity index (χ0v) is 9.86. The van der Waals surface area contributed by atoms with Crippen molar-refractivity contribution in [2.75, 3.05) is 5.75 Å². The fraction of sp³-hybridized carbons (Fsp3) is 0.250. The summed E-state index contributed by atoms with van der Waals surface area (Å²) in [6.07, 6.45) is 5.63. The van der Waals surface area contributed by atoms with E-state index in [2.05, 4.69) is 33.8 Å². The van der Waals surface area contributed by atoms with E-state index in [0.29, 0.717) is 6.54 Å². The van der Waals surface area contributed by atoms with Crippen LogP contribution >= 0.6 is 11.8 Å². The predicted molar refractivity (Wildman–Crippen MR) is 67.3 cm³/mol. The Labute approximate surface area is 99.7 Å². The Hall–Kier alpha value is -1.26. The van der Waals surface area contributed by atoms with Crippen LogP contribution in [0.5, 0.6) is 0 Å². The van der Waals surface area contributed by atoms with Crippen LogP contribution in [-0.2, 0) is 13.1 Å². The summed E-state index contributed by atoms with van der Waals surface area (Å²) < 4.78 is 2.08. The third-order valence-electron chi connectivity index (χ3n) is 2.31. The topological polar surface area (TPSA) is 43.8 Å². The van der Waals surface area contributed by atoms with E-state index in [0.717, 1.165) is 12.3 Å². The van der Waals surface area contributed by atoms with Crippen molar-refractivity contribution in [3.63, 3.8) is 0 Å². The molecule has 3 nitrogen and oxygen atoms in total. The maximum Gasteiger partial charge on any atom is 0.0946 e. The average Bonchev–Trinajstić information content (AvgIpc) is 2.82. The fourth-order valence-corrected chi connectivity index (χ4v) is 2.40. The Morgan fingerprint density at radius 1 is 1.38 bits per heavy atom. The van der Waals surface area contributed by atoms with Crippen molar-refractivity contribution in [3.05, 3.63) is 48.5 Å². The van der Waals surface area contributed by atoms with Gasteiger partial charge in [-0.05, 0) is 17.7 Å². The maximum atomic E-state index is 5.60. The highest BCUT2D eigenvalue weighted by atomic mass is 32.2. The molecule has 0 spiro atoms. The second-order valence-electron chi connectivity index (χ2n) is 3.50. The van der Waals surface area contributed by atoms with Crippen LogP contribution < -0.4 is 5.73 Å². The van der Waals surface area contributed by atoms with Crippen LogP contribution in [0.3, 0.4) is 0 Å². The first-order chi connectivity index (χ1) is 7.88. The van der Waals surface area contributed by atoms with E-state index in [4.69, 9.17) is 5.73 Å². The molecule has 0 fully saturated rings. The van der Waals surface area contributed by atoms with Crippen molar-refractivity contribution in [1.82, 2.24) is 9.55 Å². The van der Waals surface area contributed by atoms with Gasteiger partial charge < -0.3 is 10.3 Å². The van der Waals surface area contributed by atoms with Gasteiger partial charge in [0.25, 0.3) is 0 Å². The molecule has 0 atom stereocenters. The van der Waals surface area contributed by atoms with E-state index in [9.17, 15) is 0 Å². The summed E-state index contributed by atoms with van der Waals surface area (Å²) in [5.41, 5.74) is 6.79. The van der Waals surface area contributed by atoms with Crippen molar-refractivity contribution >= 4 is 11.8 Å². The van der Waals surface area contributed by atoms with Crippen molar-refractivity contribution in [1.29, 1.82) is 0 Å². The molecular weight excluding hydrogens is 218 g/mol. The number of aromatic nitrogens is 2. The monoisotopic (exact) mass is 233 g/mol. The molecule has 0 saturated carbocycles. The SMILES string of the molecule is NCc1cccc(SCCn2ccnc2)c1. The van der Waals surface area contributed by atoms with Crippen molar-refractivity contribution in [3.8, 4) is 0 Å². The Morgan fingerprint density at radius 2 is 2.31 bits per heavy atom. The number of thioether (sulfide) groups is 1. The molecule has 0 amide bonds. The van der Waals surface area contributed by atoms with Crippen LogP contribution in [0, 0.1) is 0 Å². The largest absolute Gasteiger partial charge is 0.337 e. The smallest absolute Gasteiger partial charge is 0.0946 e. The molecule has 1 aromatic heterocycles. The Bertz CT molecular complexity index is 426. The van der Waals surface area contributed by atoms with E-state index < -0.39 is 0 Å². The number of hydrogen-bond acceptors (Lipinski definition) is 3.